The zero-order valence-corrected chi connectivity index (χ0v) is 10.3. The molecule has 1 atom stereocenters. The molecule has 0 radical (unpaired) electrons. The minimum Gasteiger partial charge on any atom is -0.399 e. The molecule has 0 aliphatic heterocycles. The summed E-state index contributed by atoms with van der Waals surface area (Å²) < 4.78 is 21.3. The molecule has 0 aliphatic carbocycles. The van der Waals surface area contributed by atoms with Crippen LogP contribution in [0.4, 0.5) is 5.69 Å². The van der Waals surface area contributed by atoms with Gasteiger partial charge in [0.25, 0.3) is 0 Å². The summed E-state index contributed by atoms with van der Waals surface area (Å²) in [7, 11) is -3.58. The monoisotopic (exact) mass is 261 g/mol. The Morgan fingerprint density at radius 1 is 1.50 bits per heavy atom. The van der Waals surface area contributed by atoms with Gasteiger partial charge in [0.2, 0.25) is 0 Å². The van der Waals surface area contributed by atoms with Gasteiger partial charge in [-0.05, 0) is 12.1 Å². The molecule has 0 saturated heterocycles. The fourth-order valence-electron chi connectivity index (χ4n) is 1.13. The summed E-state index contributed by atoms with van der Waals surface area (Å²) in [6.45, 7) is 1.44. The lowest BCUT2D eigenvalue weighted by Crippen LogP contribution is -2.26. The minimum absolute atomic E-state index is 0.171. The highest BCUT2D eigenvalue weighted by Gasteiger charge is 2.29. The van der Waals surface area contributed by atoms with E-state index in [4.69, 9.17) is 17.3 Å². The van der Waals surface area contributed by atoms with Crippen LogP contribution in [0.15, 0.2) is 24.3 Å². The molecule has 0 spiro atoms. The standard InChI is InChI=1S/C10H12ClNO3S/c1-2-16(14,15)10(11)9(13)7-4-3-5-8(12)6-7/h3-6,10H,2,12H2,1H3. The van der Waals surface area contributed by atoms with Crippen molar-refractivity contribution in [2.24, 2.45) is 0 Å². The van der Waals surface area contributed by atoms with Gasteiger partial charge in [0.05, 0.1) is 0 Å². The zero-order valence-electron chi connectivity index (χ0n) is 8.68. The van der Waals surface area contributed by atoms with Crippen molar-refractivity contribution < 1.29 is 13.2 Å². The highest BCUT2D eigenvalue weighted by atomic mass is 35.5. The average molecular weight is 262 g/mol. The van der Waals surface area contributed by atoms with E-state index in [0.29, 0.717) is 5.69 Å². The largest absolute Gasteiger partial charge is 0.399 e. The summed E-state index contributed by atoms with van der Waals surface area (Å²) in [5.74, 6) is -0.814. The highest BCUT2D eigenvalue weighted by molar-refractivity contribution is 7.94. The fourth-order valence-corrected chi connectivity index (χ4v) is 2.39. The maximum absolute atomic E-state index is 11.7. The first-order chi connectivity index (χ1) is 7.38. The number of sulfone groups is 1. The SMILES string of the molecule is CCS(=O)(=O)C(Cl)C(=O)c1cccc(N)c1. The number of nitrogen functional groups attached to an aromatic ring is 1. The van der Waals surface area contributed by atoms with Crippen LogP contribution < -0.4 is 5.73 Å². The Morgan fingerprint density at radius 3 is 2.62 bits per heavy atom. The van der Waals surface area contributed by atoms with Crippen LogP contribution in [0.3, 0.4) is 0 Å². The molecule has 0 aliphatic rings. The lowest BCUT2D eigenvalue weighted by atomic mass is 10.1. The van der Waals surface area contributed by atoms with Gasteiger partial charge in [-0.25, -0.2) is 8.42 Å². The van der Waals surface area contributed by atoms with Crippen molar-refractivity contribution >= 4 is 32.9 Å². The van der Waals surface area contributed by atoms with Gasteiger partial charge in [-0.3, -0.25) is 4.79 Å². The Labute approximate surface area is 99.3 Å². The molecule has 0 amide bonds. The number of hydrogen-bond donors (Lipinski definition) is 1. The molecule has 1 unspecified atom stereocenters. The summed E-state index contributed by atoms with van der Waals surface area (Å²) in [6.07, 6.45) is 0. The molecule has 2 N–H and O–H groups in total. The van der Waals surface area contributed by atoms with E-state index < -0.39 is 20.3 Å². The zero-order chi connectivity index (χ0) is 12.3. The van der Waals surface area contributed by atoms with Gasteiger partial charge in [-0.2, -0.15) is 0 Å². The number of carbonyl (C=O) groups is 1. The summed E-state index contributed by atoms with van der Waals surface area (Å²) in [5.41, 5.74) is 6.09. The molecule has 4 nitrogen and oxygen atoms in total. The van der Waals surface area contributed by atoms with Crippen molar-refractivity contribution in [2.75, 3.05) is 11.5 Å². The summed E-state index contributed by atoms with van der Waals surface area (Å²) >= 11 is 5.63. The fraction of sp³-hybridized carbons (Fsp3) is 0.300. The Hall–Kier alpha value is -1.07. The van der Waals surface area contributed by atoms with Crippen LogP contribution in [0.25, 0.3) is 0 Å². The van der Waals surface area contributed by atoms with Gasteiger partial charge in [0.15, 0.2) is 20.3 Å². The quantitative estimate of drug-likeness (QED) is 0.506. The molecule has 1 aromatic carbocycles. The molecule has 1 aromatic rings. The number of ketones is 1. The van der Waals surface area contributed by atoms with Crippen LogP contribution in [0.2, 0.25) is 0 Å². The van der Waals surface area contributed by atoms with Gasteiger partial charge < -0.3 is 5.73 Å². The van der Waals surface area contributed by atoms with E-state index in [1.54, 1.807) is 12.1 Å². The molecule has 6 heteroatoms. The predicted molar refractivity (Wildman–Crippen MR) is 64.3 cm³/mol. The Balaban J connectivity index is 3.04. The van der Waals surface area contributed by atoms with E-state index >= 15 is 0 Å². The maximum atomic E-state index is 11.7. The molecule has 88 valence electrons. The molecule has 0 saturated carbocycles. The third kappa shape index (κ3) is 2.74. The summed E-state index contributed by atoms with van der Waals surface area (Å²) in [6, 6.07) is 6.07. The molecule has 0 fully saturated rings. The average Bonchev–Trinajstić information content (AvgIpc) is 2.27. The number of halogens is 1. The van der Waals surface area contributed by atoms with Crippen molar-refractivity contribution in [1.29, 1.82) is 0 Å². The molecule has 0 aromatic heterocycles. The second-order valence-corrected chi connectivity index (χ2v) is 6.33. The van der Waals surface area contributed by atoms with Gasteiger partial charge in [-0.1, -0.05) is 30.7 Å². The number of hydrogen-bond acceptors (Lipinski definition) is 4. The van der Waals surface area contributed by atoms with Crippen LogP contribution in [-0.4, -0.2) is 24.7 Å². The van der Waals surface area contributed by atoms with Crippen LogP contribution in [0.5, 0.6) is 0 Å². The van der Waals surface area contributed by atoms with E-state index in [-0.39, 0.29) is 11.3 Å². The molecule has 1 rings (SSSR count). The van der Waals surface area contributed by atoms with Crippen LogP contribution in [-0.2, 0) is 9.84 Å². The highest BCUT2D eigenvalue weighted by Crippen LogP contribution is 2.16. The molecular weight excluding hydrogens is 250 g/mol. The van der Waals surface area contributed by atoms with E-state index in [2.05, 4.69) is 0 Å². The topological polar surface area (TPSA) is 77.2 Å². The Morgan fingerprint density at radius 2 is 2.12 bits per heavy atom. The van der Waals surface area contributed by atoms with Crippen molar-refractivity contribution in [3.05, 3.63) is 29.8 Å². The second-order valence-electron chi connectivity index (χ2n) is 3.26. The first kappa shape index (κ1) is 13.0. The molecular formula is C10H12ClNO3S. The third-order valence-corrected chi connectivity index (χ3v) is 4.76. The molecule has 0 bridgehead atoms. The number of anilines is 1. The van der Waals surface area contributed by atoms with Crippen molar-refractivity contribution in [2.45, 2.75) is 11.6 Å². The first-order valence-electron chi connectivity index (χ1n) is 4.64. The van der Waals surface area contributed by atoms with E-state index in [9.17, 15) is 13.2 Å². The molecule has 0 heterocycles. The summed E-state index contributed by atoms with van der Waals surface area (Å²) in [5, 5.41) is 0. The summed E-state index contributed by atoms with van der Waals surface area (Å²) in [4.78, 5) is 11.7. The van der Waals surface area contributed by atoms with Crippen LogP contribution in [0.1, 0.15) is 17.3 Å². The van der Waals surface area contributed by atoms with Crippen LogP contribution >= 0.6 is 11.6 Å². The van der Waals surface area contributed by atoms with E-state index in [1.807, 2.05) is 0 Å². The van der Waals surface area contributed by atoms with Crippen molar-refractivity contribution in [3.63, 3.8) is 0 Å². The van der Waals surface area contributed by atoms with Crippen LogP contribution in [0, 0.1) is 0 Å². The van der Waals surface area contributed by atoms with Gasteiger partial charge in [0.1, 0.15) is 0 Å². The lowest BCUT2D eigenvalue weighted by Gasteiger charge is -2.08. The van der Waals surface area contributed by atoms with Gasteiger partial charge >= 0.3 is 0 Å². The second kappa shape index (κ2) is 4.84. The normalized spacial score (nSPS) is 13.4. The molecule has 16 heavy (non-hydrogen) atoms. The third-order valence-electron chi connectivity index (χ3n) is 2.09. The number of nitrogens with two attached hydrogens (primary N) is 1. The number of alkyl halides is 1. The maximum Gasteiger partial charge on any atom is 0.197 e. The van der Waals surface area contributed by atoms with Gasteiger partial charge in [-0.15, -0.1) is 0 Å². The Bertz CT molecular complexity index is 499. The lowest BCUT2D eigenvalue weighted by molar-refractivity contribution is 0.101. The number of Topliss-reactive ketones (excluding diaryl/α,β-unsaturated/α-hetero) is 1. The van der Waals surface area contributed by atoms with Gasteiger partial charge in [0, 0.05) is 17.0 Å². The smallest absolute Gasteiger partial charge is 0.197 e. The number of carbonyl (C=O) groups excluding carboxylic acids is 1. The minimum atomic E-state index is -3.58. The Kier molecular flexibility index (Phi) is 3.93. The predicted octanol–water partition coefficient (Wildman–Crippen LogP) is 1.45. The van der Waals surface area contributed by atoms with Crippen molar-refractivity contribution in [3.8, 4) is 0 Å². The van der Waals surface area contributed by atoms with Crippen molar-refractivity contribution in [1.82, 2.24) is 0 Å². The number of rotatable bonds is 4. The van der Waals surface area contributed by atoms with E-state index in [0.717, 1.165) is 0 Å². The number of benzene rings is 1. The first-order valence-corrected chi connectivity index (χ1v) is 6.79. The van der Waals surface area contributed by atoms with E-state index in [1.165, 1.54) is 19.1 Å².